The highest BCUT2D eigenvalue weighted by Gasteiger charge is 2.44. The molecule has 2 fully saturated rings. The van der Waals surface area contributed by atoms with Gasteiger partial charge in [-0.15, -0.1) is 0 Å². The van der Waals surface area contributed by atoms with Gasteiger partial charge in [-0.2, -0.15) is 0 Å². The zero-order chi connectivity index (χ0) is 17.3. The highest BCUT2D eigenvalue weighted by Crippen LogP contribution is 2.31. The molecule has 1 aromatic carbocycles. The van der Waals surface area contributed by atoms with Gasteiger partial charge in [-0.05, 0) is 24.3 Å². The molecule has 2 heterocycles. The van der Waals surface area contributed by atoms with Crippen molar-refractivity contribution in [3.63, 3.8) is 0 Å². The third kappa shape index (κ3) is 3.38. The van der Waals surface area contributed by atoms with E-state index in [1.54, 1.807) is 34.1 Å². The summed E-state index contributed by atoms with van der Waals surface area (Å²) in [5.74, 6) is -0.162. The quantitative estimate of drug-likeness (QED) is 0.827. The van der Waals surface area contributed by atoms with Crippen LogP contribution < -0.4 is 5.32 Å². The first-order valence-corrected chi connectivity index (χ1v) is 8.33. The maximum Gasteiger partial charge on any atom is 0.253 e. The average Bonchev–Trinajstić information content (AvgIpc) is 2.79. The lowest BCUT2D eigenvalue weighted by molar-refractivity contribution is -0.130. The third-order valence-corrected chi connectivity index (χ3v) is 4.96. The van der Waals surface area contributed by atoms with E-state index in [2.05, 4.69) is 5.32 Å². The molecular formula is C17H20ClN3O3. The summed E-state index contributed by atoms with van der Waals surface area (Å²) in [6.07, 6.45) is 0.335. The van der Waals surface area contributed by atoms with E-state index < -0.39 is 5.41 Å². The monoisotopic (exact) mass is 349 g/mol. The third-order valence-electron chi connectivity index (χ3n) is 4.71. The zero-order valence-electron chi connectivity index (χ0n) is 13.5. The number of nitrogens with one attached hydrogen (secondary N) is 1. The van der Waals surface area contributed by atoms with E-state index in [9.17, 15) is 14.4 Å². The predicted octanol–water partition coefficient (Wildman–Crippen LogP) is 1.15. The Morgan fingerprint density at radius 2 is 1.75 bits per heavy atom. The lowest BCUT2D eigenvalue weighted by Gasteiger charge is -2.32. The van der Waals surface area contributed by atoms with Crippen molar-refractivity contribution in [1.29, 1.82) is 0 Å². The predicted molar refractivity (Wildman–Crippen MR) is 89.7 cm³/mol. The lowest BCUT2D eigenvalue weighted by atomic mass is 9.86. The van der Waals surface area contributed by atoms with E-state index in [4.69, 9.17) is 11.6 Å². The SMILES string of the molecule is CC(=O)N1CCN(C(=O)c2ccc(Cl)cc2)C[C@@]2(CNC(=O)C2)C1. The van der Waals surface area contributed by atoms with Gasteiger partial charge in [-0.1, -0.05) is 11.6 Å². The standard InChI is InChI=1S/C17H20ClN3O3/c1-12(22)20-6-7-21(11-17(10-20)8-15(23)19-9-17)16(24)13-2-4-14(18)5-3-13/h2-5H,6-11H2,1H3,(H,19,23)/t17-/m0/s1. The molecule has 1 N–H and O–H groups in total. The van der Waals surface area contributed by atoms with Gasteiger partial charge < -0.3 is 15.1 Å². The number of carbonyl (C=O) groups excluding carboxylic acids is 3. The van der Waals surface area contributed by atoms with Crippen LogP contribution in [0.2, 0.25) is 5.02 Å². The molecule has 2 aliphatic rings. The summed E-state index contributed by atoms with van der Waals surface area (Å²) in [4.78, 5) is 39.9. The normalized spacial score (nSPS) is 24.0. The van der Waals surface area contributed by atoms with Crippen molar-refractivity contribution in [2.45, 2.75) is 13.3 Å². The van der Waals surface area contributed by atoms with Gasteiger partial charge in [0.1, 0.15) is 0 Å². The summed E-state index contributed by atoms with van der Waals surface area (Å²) in [6.45, 7) is 3.89. The van der Waals surface area contributed by atoms with E-state index in [0.29, 0.717) is 49.7 Å². The van der Waals surface area contributed by atoms with Gasteiger partial charge in [-0.25, -0.2) is 0 Å². The maximum absolute atomic E-state index is 12.8. The molecule has 2 aliphatic heterocycles. The fraction of sp³-hybridized carbons (Fsp3) is 0.471. The number of rotatable bonds is 1. The van der Waals surface area contributed by atoms with E-state index in [1.165, 1.54) is 6.92 Å². The molecule has 3 rings (SSSR count). The van der Waals surface area contributed by atoms with Crippen molar-refractivity contribution >= 4 is 29.3 Å². The van der Waals surface area contributed by atoms with Crippen molar-refractivity contribution < 1.29 is 14.4 Å². The zero-order valence-corrected chi connectivity index (χ0v) is 14.3. The second-order valence-corrected chi connectivity index (χ2v) is 7.06. The van der Waals surface area contributed by atoms with Crippen molar-refractivity contribution in [3.05, 3.63) is 34.9 Å². The van der Waals surface area contributed by atoms with Crippen molar-refractivity contribution in [3.8, 4) is 0 Å². The molecule has 6 nitrogen and oxygen atoms in total. The van der Waals surface area contributed by atoms with Crippen LogP contribution in [0.25, 0.3) is 0 Å². The number of halogens is 1. The van der Waals surface area contributed by atoms with Crippen LogP contribution >= 0.6 is 11.6 Å². The van der Waals surface area contributed by atoms with Crippen LogP contribution in [0.1, 0.15) is 23.7 Å². The second-order valence-electron chi connectivity index (χ2n) is 6.63. The molecule has 7 heteroatoms. The van der Waals surface area contributed by atoms with Gasteiger partial charge in [0.15, 0.2) is 0 Å². The topological polar surface area (TPSA) is 69.7 Å². The Morgan fingerprint density at radius 1 is 1.12 bits per heavy atom. The molecule has 0 saturated carbocycles. The Bertz CT molecular complexity index is 676. The second kappa shape index (κ2) is 6.43. The maximum atomic E-state index is 12.8. The van der Waals surface area contributed by atoms with Crippen molar-refractivity contribution in [1.82, 2.24) is 15.1 Å². The molecule has 128 valence electrons. The molecular weight excluding hydrogens is 330 g/mol. The van der Waals surface area contributed by atoms with E-state index >= 15 is 0 Å². The minimum atomic E-state index is -0.415. The summed E-state index contributed by atoms with van der Waals surface area (Å²) < 4.78 is 0. The minimum Gasteiger partial charge on any atom is -0.355 e. The Kier molecular flexibility index (Phi) is 4.49. The molecule has 0 bridgehead atoms. The van der Waals surface area contributed by atoms with Crippen molar-refractivity contribution in [2.75, 3.05) is 32.7 Å². The number of hydrogen-bond donors (Lipinski definition) is 1. The van der Waals surface area contributed by atoms with Gasteiger partial charge >= 0.3 is 0 Å². The summed E-state index contributed by atoms with van der Waals surface area (Å²) in [6, 6.07) is 6.77. The van der Waals surface area contributed by atoms with Crippen LogP contribution in [-0.2, 0) is 9.59 Å². The van der Waals surface area contributed by atoms with Gasteiger partial charge in [0.05, 0.1) is 0 Å². The molecule has 0 unspecified atom stereocenters. The Balaban J connectivity index is 1.85. The fourth-order valence-corrected chi connectivity index (χ4v) is 3.58. The Hall–Kier alpha value is -2.08. The van der Waals surface area contributed by atoms with E-state index in [-0.39, 0.29) is 17.7 Å². The van der Waals surface area contributed by atoms with Crippen LogP contribution in [0.4, 0.5) is 0 Å². The largest absolute Gasteiger partial charge is 0.355 e. The van der Waals surface area contributed by atoms with Gasteiger partial charge in [0.2, 0.25) is 11.8 Å². The first-order chi connectivity index (χ1) is 11.4. The van der Waals surface area contributed by atoms with Crippen LogP contribution in [-0.4, -0.2) is 60.2 Å². The fourth-order valence-electron chi connectivity index (χ4n) is 3.45. The Morgan fingerprint density at radius 3 is 2.33 bits per heavy atom. The molecule has 0 aliphatic carbocycles. The number of amides is 3. The number of nitrogens with zero attached hydrogens (tertiary/aromatic N) is 2. The number of hydrogen-bond acceptors (Lipinski definition) is 3. The average molecular weight is 350 g/mol. The van der Waals surface area contributed by atoms with Gasteiger partial charge in [0.25, 0.3) is 5.91 Å². The summed E-state index contributed by atoms with van der Waals surface area (Å²) in [5, 5.41) is 3.42. The first kappa shape index (κ1) is 16.8. The molecule has 3 amide bonds. The van der Waals surface area contributed by atoms with Crippen LogP contribution in [0.15, 0.2) is 24.3 Å². The minimum absolute atomic E-state index is 0.0284. The summed E-state index contributed by atoms with van der Waals surface area (Å²) >= 11 is 5.88. The van der Waals surface area contributed by atoms with Gasteiger partial charge in [0, 0.05) is 62.1 Å². The molecule has 1 atom stereocenters. The molecule has 0 aromatic heterocycles. The van der Waals surface area contributed by atoms with E-state index in [0.717, 1.165) is 0 Å². The Labute approximate surface area is 145 Å². The highest BCUT2D eigenvalue weighted by molar-refractivity contribution is 6.30. The summed E-state index contributed by atoms with van der Waals surface area (Å²) in [7, 11) is 0. The van der Waals surface area contributed by atoms with Crippen LogP contribution in [0.5, 0.6) is 0 Å². The van der Waals surface area contributed by atoms with Crippen LogP contribution in [0, 0.1) is 5.41 Å². The molecule has 1 aromatic rings. The lowest BCUT2D eigenvalue weighted by Crippen LogP contribution is -2.44. The number of carbonyl (C=O) groups is 3. The molecule has 24 heavy (non-hydrogen) atoms. The molecule has 0 radical (unpaired) electrons. The smallest absolute Gasteiger partial charge is 0.253 e. The van der Waals surface area contributed by atoms with Gasteiger partial charge in [-0.3, -0.25) is 14.4 Å². The first-order valence-electron chi connectivity index (χ1n) is 7.96. The molecule has 2 saturated heterocycles. The molecule has 1 spiro atoms. The highest BCUT2D eigenvalue weighted by atomic mass is 35.5. The van der Waals surface area contributed by atoms with E-state index in [1.807, 2.05) is 0 Å². The number of benzene rings is 1. The summed E-state index contributed by atoms with van der Waals surface area (Å²) in [5.41, 5.74) is 0.143. The van der Waals surface area contributed by atoms with Crippen molar-refractivity contribution in [2.24, 2.45) is 5.41 Å². The van der Waals surface area contributed by atoms with Crippen LogP contribution in [0.3, 0.4) is 0 Å².